The molecule has 0 saturated heterocycles. The van der Waals surface area contributed by atoms with Crippen LogP contribution in [0.5, 0.6) is 0 Å². The average Bonchev–Trinajstić information content (AvgIpc) is 3.66. The Hall–Kier alpha value is -2.31. The van der Waals surface area contributed by atoms with Crippen LogP contribution < -0.4 is 24.8 Å². The van der Waals surface area contributed by atoms with Gasteiger partial charge in [0.1, 0.15) is 0 Å². The van der Waals surface area contributed by atoms with E-state index < -0.39 is 0 Å². The second-order valence-electron chi connectivity index (χ2n) is 14.9. The molecule has 0 bridgehead atoms. The Kier molecular flexibility index (Phi) is 14.5. The molecule has 4 aromatic carbocycles. The van der Waals surface area contributed by atoms with Crippen LogP contribution in [0.4, 0.5) is 0 Å². The number of hydrogen-bond acceptors (Lipinski definition) is 0. The minimum atomic E-state index is 0. The molecule has 4 aromatic rings. The van der Waals surface area contributed by atoms with Crippen molar-refractivity contribution in [2.75, 3.05) is 0 Å². The molecular formula is C43H48Cl2Zr-2. The molecule has 2 aliphatic rings. The van der Waals surface area contributed by atoms with Crippen molar-refractivity contribution in [3.8, 4) is 11.1 Å². The number of hydrogen-bond donors (Lipinski definition) is 0. The normalized spacial score (nSPS) is 13.0. The second-order valence-corrected chi connectivity index (χ2v) is 16.1. The van der Waals surface area contributed by atoms with Crippen molar-refractivity contribution in [3.63, 3.8) is 0 Å². The number of rotatable bonds is 2. The summed E-state index contributed by atoms with van der Waals surface area (Å²) < 4.78 is 1.42. The van der Waals surface area contributed by atoms with Crippen LogP contribution in [-0.2, 0) is 41.5 Å². The Morgan fingerprint density at radius 3 is 1.61 bits per heavy atom. The molecule has 0 heterocycles. The van der Waals surface area contributed by atoms with Gasteiger partial charge in [0.15, 0.2) is 0 Å². The van der Waals surface area contributed by atoms with Crippen LogP contribution in [0.25, 0.3) is 11.1 Å². The van der Waals surface area contributed by atoms with E-state index in [0.717, 1.165) is 12.8 Å². The van der Waals surface area contributed by atoms with Crippen LogP contribution in [-0.4, -0.2) is 3.21 Å². The summed E-state index contributed by atoms with van der Waals surface area (Å²) in [6.45, 7) is 20.3. The van der Waals surface area contributed by atoms with E-state index in [1.54, 1.807) is 0 Å². The first kappa shape index (κ1) is 39.9. The molecule has 0 amide bonds. The summed E-state index contributed by atoms with van der Waals surface area (Å²) in [4.78, 5) is 0. The molecule has 6 rings (SSSR count). The number of halogens is 2. The standard InChI is InChI=1S/C21H25.C13H10.C9H13.2ClH.Zr/c1-20(2,3)16-7-9-18-14(12-16)11-15-13-17(21(4,5)6)8-10-19(15)18;1-3-7-12(8-4-1)11-13-9-5-2-6-10-13;1-9(2,3)8-6-4-5-7-8;;;/h7-10,12H,11H2,1-6H3;1-10H;6-7H,4H2,1-3H3;2*1H;/q-1;;-1;;;+2/p-2. The Morgan fingerprint density at radius 1 is 0.630 bits per heavy atom. The summed E-state index contributed by atoms with van der Waals surface area (Å²) in [5.41, 5.74) is 13.1. The Labute approximate surface area is 307 Å². The molecule has 0 nitrogen and oxygen atoms in total. The van der Waals surface area contributed by atoms with E-state index in [1.165, 1.54) is 77.5 Å². The first-order chi connectivity index (χ1) is 20.6. The average molecular weight is 727 g/mol. The molecule has 0 atom stereocenters. The van der Waals surface area contributed by atoms with E-state index in [-0.39, 0.29) is 35.6 Å². The molecule has 0 radical (unpaired) electrons. The molecule has 240 valence electrons. The predicted octanol–water partition coefficient (Wildman–Crippen LogP) is 5.19. The van der Waals surface area contributed by atoms with Crippen LogP contribution in [0.3, 0.4) is 0 Å². The first-order valence-electron chi connectivity index (χ1n) is 15.8. The number of fused-ring (bicyclic) bond motifs is 3. The van der Waals surface area contributed by atoms with Gasteiger partial charge in [-0.2, -0.15) is 35.4 Å². The van der Waals surface area contributed by atoms with Gasteiger partial charge in [-0.25, -0.2) is 6.08 Å². The topological polar surface area (TPSA) is 0 Å². The quantitative estimate of drug-likeness (QED) is 0.220. The van der Waals surface area contributed by atoms with Crippen molar-refractivity contribution in [1.82, 2.24) is 0 Å². The number of benzene rings is 4. The van der Waals surface area contributed by atoms with E-state index in [0.29, 0.717) is 5.41 Å². The van der Waals surface area contributed by atoms with Gasteiger partial charge in [0.25, 0.3) is 0 Å². The second kappa shape index (κ2) is 16.7. The van der Waals surface area contributed by atoms with Crippen LogP contribution in [0.1, 0.15) is 102 Å². The van der Waals surface area contributed by atoms with E-state index in [1.807, 2.05) is 0 Å². The third-order valence-corrected chi connectivity index (χ3v) is 9.57. The molecule has 0 aliphatic heterocycles. The zero-order valence-corrected chi connectivity index (χ0v) is 33.0. The molecular weight excluding hydrogens is 679 g/mol. The fourth-order valence-corrected chi connectivity index (χ4v) is 6.14. The molecule has 3 heteroatoms. The van der Waals surface area contributed by atoms with Crippen molar-refractivity contribution in [3.05, 3.63) is 154 Å². The maximum absolute atomic E-state index is 3.67. The van der Waals surface area contributed by atoms with Crippen molar-refractivity contribution in [2.45, 2.75) is 86.0 Å². The summed E-state index contributed by atoms with van der Waals surface area (Å²) in [5, 5.41) is 0. The Morgan fingerprint density at radius 2 is 1.17 bits per heavy atom. The van der Waals surface area contributed by atoms with Crippen LogP contribution in [0, 0.1) is 17.6 Å². The van der Waals surface area contributed by atoms with Gasteiger partial charge >= 0.3 is 99.2 Å². The van der Waals surface area contributed by atoms with Gasteiger partial charge in [-0.15, -0.1) is 17.5 Å². The van der Waals surface area contributed by atoms with Gasteiger partial charge in [0, 0.05) is 0 Å². The fraction of sp³-hybridized carbons (Fsp3) is 0.326. The van der Waals surface area contributed by atoms with Crippen molar-refractivity contribution < 1.29 is 49.0 Å². The predicted molar refractivity (Wildman–Crippen MR) is 187 cm³/mol. The maximum atomic E-state index is 3.67. The zero-order valence-electron chi connectivity index (χ0n) is 29.0. The first-order valence-corrected chi connectivity index (χ1v) is 17.0. The summed E-state index contributed by atoms with van der Waals surface area (Å²) in [6, 6.07) is 36.3. The van der Waals surface area contributed by atoms with Gasteiger partial charge in [0.2, 0.25) is 0 Å². The third-order valence-electron chi connectivity index (χ3n) is 8.15. The van der Waals surface area contributed by atoms with Gasteiger partial charge in [-0.1, -0.05) is 91.5 Å². The fourth-order valence-electron chi connectivity index (χ4n) is 5.32. The summed E-state index contributed by atoms with van der Waals surface area (Å²) in [7, 11) is 0. The van der Waals surface area contributed by atoms with Gasteiger partial charge < -0.3 is 24.8 Å². The van der Waals surface area contributed by atoms with E-state index in [4.69, 9.17) is 0 Å². The van der Waals surface area contributed by atoms with Crippen LogP contribution >= 0.6 is 0 Å². The van der Waals surface area contributed by atoms with Gasteiger partial charge in [-0.3, -0.25) is 6.08 Å². The minimum absolute atomic E-state index is 0. The van der Waals surface area contributed by atoms with E-state index in [9.17, 15) is 0 Å². The van der Waals surface area contributed by atoms with Crippen molar-refractivity contribution in [2.24, 2.45) is 5.41 Å². The van der Waals surface area contributed by atoms with Gasteiger partial charge in [-0.05, 0) is 28.4 Å². The van der Waals surface area contributed by atoms with E-state index in [2.05, 4.69) is 178 Å². The molecule has 0 saturated carbocycles. The summed E-state index contributed by atoms with van der Waals surface area (Å²) >= 11 is 1.46. The molecule has 0 unspecified atom stereocenters. The van der Waals surface area contributed by atoms with Crippen molar-refractivity contribution in [1.29, 1.82) is 0 Å². The summed E-state index contributed by atoms with van der Waals surface area (Å²) in [5.74, 6) is 0. The molecule has 2 aliphatic carbocycles. The monoisotopic (exact) mass is 724 g/mol. The molecule has 0 aromatic heterocycles. The third kappa shape index (κ3) is 10.6. The zero-order chi connectivity index (χ0) is 32.1. The molecule has 0 N–H and O–H groups in total. The Bertz CT molecular complexity index is 1540. The van der Waals surface area contributed by atoms with E-state index >= 15 is 0 Å². The molecule has 0 fully saturated rings. The molecule has 0 spiro atoms. The SMILES string of the molecule is CC(C)(C)C1=CC[C-]=C1.CC(C)(C)c1[c-]c2c(cc1)-c1ccc(C(C)(C)C)cc1C2.[Cl-].[Cl-].[Zr+2]=[C](c1ccccc1)c1ccccc1. The van der Waals surface area contributed by atoms with Gasteiger partial charge in [0.05, 0.1) is 0 Å². The Balaban J connectivity index is 0.000000256. The number of allylic oxidation sites excluding steroid dienone is 4. The molecule has 46 heavy (non-hydrogen) atoms. The summed E-state index contributed by atoms with van der Waals surface area (Å²) in [6.07, 6.45) is 9.53. The van der Waals surface area contributed by atoms with Crippen molar-refractivity contribution >= 4 is 3.21 Å². The van der Waals surface area contributed by atoms with Crippen LogP contribution in [0.2, 0.25) is 0 Å². The van der Waals surface area contributed by atoms with Crippen LogP contribution in [0.15, 0.2) is 109 Å².